The molecule has 1 aliphatic heterocycles. The minimum atomic E-state index is -0.550. The number of hydrogen-bond donors (Lipinski definition) is 1. The number of nitro benzene ring substituents is 1. The Labute approximate surface area is 172 Å². The van der Waals surface area contributed by atoms with E-state index in [1.54, 1.807) is 6.07 Å². The molecule has 1 heterocycles. The van der Waals surface area contributed by atoms with Crippen molar-refractivity contribution in [2.75, 3.05) is 25.1 Å². The van der Waals surface area contributed by atoms with Gasteiger partial charge in [-0.15, -0.1) is 0 Å². The molecule has 1 aliphatic rings. The Morgan fingerprint density at radius 1 is 1.13 bits per heavy atom. The summed E-state index contributed by atoms with van der Waals surface area (Å²) >= 11 is 0. The van der Waals surface area contributed by atoms with E-state index in [0.717, 1.165) is 4.90 Å². The van der Waals surface area contributed by atoms with Gasteiger partial charge in [0, 0.05) is 37.6 Å². The second kappa shape index (κ2) is 9.27. The molecule has 0 saturated heterocycles. The summed E-state index contributed by atoms with van der Waals surface area (Å²) in [5, 5.41) is 13.8. The van der Waals surface area contributed by atoms with Crippen molar-refractivity contribution in [3.05, 3.63) is 75.7 Å². The molecule has 0 bridgehead atoms. The minimum absolute atomic E-state index is 0.00383. The molecule has 0 saturated carbocycles. The van der Waals surface area contributed by atoms with Gasteiger partial charge in [-0.25, -0.2) is 4.39 Å². The van der Waals surface area contributed by atoms with Crippen molar-refractivity contribution in [1.29, 1.82) is 0 Å². The summed E-state index contributed by atoms with van der Waals surface area (Å²) in [6.07, 6.45) is 0.464. The topological polar surface area (TPSA) is 102 Å². The summed E-state index contributed by atoms with van der Waals surface area (Å²) in [6.45, 7) is 2.93. The normalized spacial score (nSPS) is 13.9. The fourth-order valence-corrected chi connectivity index (χ4v) is 3.09. The molecule has 2 aromatic rings. The number of nitrogens with zero attached hydrogens (tertiary/aromatic N) is 2. The number of nitrogens with one attached hydrogen (secondary N) is 1. The molecule has 1 N–H and O–H groups in total. The van der Waals surface area contributed by atoms with Crippen LogP contribution in [0.25, 0.3) is 5.57 Å². The smallest absolute Gasteiger partial charge is 0.278 e. The van der Waals surface area contributed by atoms with Crippen LogP contribution in [0.4, 0.5) is 15.8 Å². The van der Waals surface area contributed by atoms with Crippen LogP contribution in [0.2, 0.25) is 0 Å². The van der Waals surface area contributed by atoms with Crippen LogP contribution in [0.5, 0.6) is 0 Å². The Balaban J connectivity index is 1.96. The van der Waals surface area contributed by atoms with E-state index in [2.05, 4.69) is 5.32 Å². The van der Waals surface area contributed by atoms with Crippen LogP contribution >= 0.6 is 0 Å². The van der Waals surface area contributed by atoms with E-state index >= 15 is 0 Å². The Morgan fingerprint density at radius 3 is 2.50 bits per heavy atom. The highest BCUT2D eigenvalue weighted by Crippen LogP contribution is 2.31. The number of rotatable bonds is 9. The molecular formula is C21H20FN3O5. The fourth-order valence-electron chi connectivity index (χ4n) is 3.09. The Kier molecular flexibility index (Phi) is 6.53. The summed E-state index contributed by atoms with van der Waals surface area (Å²) in [5.74, 6) is -1.57. The van der Waals surface area contributed by atoms with Crippen LogP contribution in [0, 0.1) is 15.9 Å². The summed E-state index contributed by atoms with van der Waals surface area (Å²) in [5.41, 5.74) is 0.600. The SMILES string of the molecule is CCOCCCN1C(=O)C(Nc2cccc(F)c2)=C(c2ccc([N+](=O)[O-])cc2)C1=O. The van der Waals surface area contributed by atoms with Gasteiger partial charge in [0.2, 0.25) is 0 Å². The summed E-state index contributed by atoms with van der Waals surface area (Å²) in [7, 11) is 0. The third kappa shape index (κ3) is 4.52. The average Bonchev–Trinajstić information content (AvgIpc) is 2.95. The molecule has 8 nitrogen and oxygen atoms in total. The molecule has 9 heteroatoms. The summed E-state index contributed by atoms with van der Waals surface area (Å²) in [6, 6.07) is 10.9. The van der Waals surface area contributed by atoms with Crippen LogP contribution < -0.4 is 5.32 Å². The number of nitro groups is 1. The van der Waals surface area contributed by atoms with E-state index in [9.17, 15) is 24.1 Å². The largest absolute Gasteiger partial charge is 0.382 e. The number of non-ortho nitro benzene ring substituents is 1. The van der Waals surface area contributed by atoms with Crippen molar-refractivity contribution in [3.63, 3.8) is 0 Å². The molecule has 30 heavy (non-hydrogen) atoms. The first-order chi connectivity index (χ1) is 14.4. The van der Waals surface area contributed by atoms with Crippen molar-refractivity contribution in [2.24, 2.45) is 0 Å². The lowest BCUT2D eigenvalue weighted by Crippen LogP contribution is -2.34. The number of ether oxygens (including phenoxy) is 1. The summed E-state index contributed by atoms with van der Waals surface area (Å²) in [4.78, 5) is 37.5. The van der Waals surface area contributed by atoms with Crippen molar-refractivity contribution in [3.8, 4) is 0 Å². The number of carbonyl (C=O) groups is 2. The van der Waals surface area contributed by atoms with Gasteiger partial charge in [0.25, 0.3) is 17.5 Å². The lowest BCUT2D eigenvalue weighted by Gasteiger charge is -2.15. The van der Waals surface area contributed by atoms with Gasteiger partial charge in [-0.05, 0) is 49.2 Å². The predicted molar refractivity (Wildman–Crippen MR) is 108 cm³/mol. The van der Waals surface area contributed by atoms with E-state index in [4.69, 9.17) is 4.74 Å². The van der Waals surface area contributed by atoms with Crippen molar-refractivity contribution >= 4 is 28.8 Å². The zero-order chi connectivity index (χ0) is 21.7. The van der Waals surface area contributed by atoms with Crippen LogP contribution in [-0.2, 0) is 14.3 Å². The molecule has 0 fully saturated rings. The molecule has 2 aromatic carbocycles. The summed E-state index contributed by atoms with van der Waals surface area (Å²) < 4.78 is 18.8. The van der Waals surface area contributed by atoms with Gasteiger partial charge in [-0.2, -0.15) is 0 Å². The quantitative estimate of drug-likeness (QED) is 0.293. The number of halogens is 1. The molecule has 0 aliphatic carbocycles. The number of imide groups is 1. The molecule has 0 aromatic heterocycles. The fraction of sp³-hybridized carbons (Fsp3) is 0.238. The molecule has 0 spiro atoms. The van der Waals surface area contributed by atoms with E-state index < -0.39 is 22.6 Å². The number of benzene rings is 2. The van der Waals surface area contributed by atoms with Crippen LogP contribution in [0.15, 0.2) is 54.2 Å². The highest BCUT2D eigenvalue weighted by atomic mass is 19.1. The average molecular weight is 413 g/mol. The van der Waals surface area contributed by atoms with Gasteiger partial charge in [0.15, 0.2) is 0 Å². The number of carbonyl (C=O) groups excluding carboxylic acids is 2. The lowest BCUT2D eigenvalue weighted by molar-refractivity contribution is -0.384. The number of hydrogen-bond acceptors (Lipinski definition) is 6. The minimum Gasteiger partial charge on any atom is -0.382 e. The highest BCUT2D eigenvalue weighted by molar-refractivity contribution is 6.36. The first-order valence-corrected chi connectivity index (χ1v) is 9.38. The Hall–Kier alpha value is -3.59. The van der Waals surface area contributed by atoms with E-state index in [-0.39, 0.29) is 23.5 Å². The molecule has 3 rings (SSSR count). The zero-order valence-electron chi connectivity index (χ0n) is 16.3. The molecule has 0 atom stereocenters. The molecule has 0 unspecified atom stereocenters. The van der Waals surface area contributed by atoms with Gasteiger partial charge in [0.1, 0.15) is 11.5 Å². The molecular weight excluding hydrogens is 393 g/mol. The van der Waals surface area contributed by atoms with Gasteiger partial charge >= 0.3 is 0 Å². The van der Waals surface area contributed by atoms with Crippen LogP contribution in [0.3, 0.4) is 0 Å². The third-order valence-corrected chi connectivity index (χ3v) is 4.50. The number of anilines is 1. The standard InChI is InChI=1S/C21H20FN3O5/c1-2-30-12-4-11-24-20(26)18(14-7-9-17(10-8-14)25(28)29)19(21(24)27)23-16-6-3-5-15(22)13-16/h3,5-10,13,23H,2,4,11-12H2,1H3. The highest BCUT2D eigenvalue weighted by Gasteiger charge is 2.39. The number of amides is 2. The van der Waals surface area contributed by atoms with Gasteiger partial charge in [-0.3, -0.25) is 24.6 Å². The maximum atomic E-state index is 13.6. The third-order valence-electron chi connectivity index (χ3n) is 4.50. The maximum absolute atomic E-state index is 13.6. The zero-order valence-corrected chi connectivity index (χ0v) is 16.3. The molecule has 156 valence electrons. The van der Waals surface area contributed by atoms with Crippen molar-refractivity contribution < 1.29 is 23.6 Å². The van der Waals surface area contributed by atoms with Crippen LogP contribution in [-0.4, -0.2) is 41.4 Å². The van der Waals surface area contributed by atoms with E-state index in [1.807, 2.05) is 6.92 Å². The maximum Gasteiger partial charge on any atom is 0.278 e. The van der Waals surface area contributed by atoms with E-state index in [1.165, 1.54) is 42.5 Å². The Bertz CT molecular complexity index is 1000. The molecule has 2 amide bonds. The van der Waals surface area contributed by atoms with Crippen molar-refractivity contribution in [1.82, 2.24) is 4.90 Å². The van der Waals surface area contributed by atoms with Gasteiger partial charge in [-0.1, -0.05) is 6.07 Å². The van der Waals surface area contributed by atoms with Crippen molar-refractivity contribution in [2.45, 2.75) is 13.3 Å². The first kappa shape index (κ1) is 21.1. The molecule has 0 radical (unpaired) electrons. The van der Waals surface area contributed by atoms with Crippen LogP contribution in [0.1, 0.15) is 18.9 Å². The predicted octanol–water partition coefficient (Wildman–Crippen LogP) is 3.35. The Morgan fingerprint density at radius 2 is 1.87 bits per heavy atom. The second-order valence-corrected chi connectivity index (χ2v) is 6.50. The van der Waals surface area contributed by atoms with Gasteiger partial charge < -0.3 is 10.1 Å². The van der Waals surface area contributed by atoms with Gasteiger partial charge in [0.05, 0.1) is 10.5 Å². The monoisotopic (exact) mass is 413 g/mol. The van der Waals surface area contributed by atoms with E-state index in [0.29, 0.717) is 30.9 Å². The second-order valence-electron chi connectivity index (χ2n) is 6.50. The lowest BCUT2D eigenvalue weighted by atomic mass is 10.0. The first-order valence-electron chi connectivity index (χ1n) is 9.38.